The zero-order valence-electron chi connectivity index (χ0n) is 18.6. The van der Waals surface area contributed by atoms with Gasteiger partial charge in [-0.2, -0.15) is 0 Å². The van der Waals surface area contributed by atoms with Crippen LogP contribution in [0.4, 0.5) is 5.69 Å². The van der Waals surface area contributed by atoms with Crippen LogP contribution in [-0.2, 0) is 4.79 Å². The molecule has 0 saturated heterocycles. The third kappa shape index (κ3) is 3.41. The van der Waals surface area contributed by atoms with E-state index in [0.717, 1.165) is 39.1 Å². The van der Waals surface area contributed by atoms with Crippen LogP contribution in [-0.4, -0.2) is 5.91 Å². The van der Waals surface area contributed by atoms with Crippen molar-refractivity contribution in [2.24, 2.45) is 0 Å². The molecule has 0 fully saturated rings. The molecule has 3 aromatic rings. The summed E-state index contributed by atoms with van der Waals surface area (Å²) in [4.78, 5) is 16.1. The molecule has 1 amide bonds. The lowest BCUT2D eigenvalue weighted by atomic mass is 9.97. The zero-order chi connectivity index (χ0) is 22.9. The van der Waals surface area contributed by atoms with Gasteiger partial charge in [0.15, 0.2) is 0 Å². The third-order valence-electron chi connectivity index (χ3n) is 6.52. The number of benzene rings is 3. The Bertz CT molecular complexity index is 1430. The standard InChI is InChI=1S/C32H23NO/c34-32-29(22-26-21-20-23-12-4-3-9-17-27(23)26)28-18-10-11-19-30(28)33(32)31(24-13-5-1-6-14-24)25-15-7-2-8-16-25/h1-22,31H. The van der Waals surface area contributed by atoms with E-state index in [0.29, 0.717) is 0 Å². The van der Waals surface area contributed by atoms with Gasteiger partial charge >= 0.3 is 0 Å². The van der Waals surface area contributed by atoms with Crippen LogP contribution in [0, 0.1) is 0 Å². The summed E-state index contributed by atoms with van der Waals surface area (Å²) in [5.74, 6) is 0.0218. The molecule has 0 aromatic heterocycles. The molecule has 0 atom stereocenters. The predicted octanol–water partition coefficient (Wildman–Crippen LogP) is 7.47. The summed E-state index contributed by atoms with van der Waals surface area (Å²) in [6.45, 7) is 0. The van der Waals surface area contributed by atoms with Crippen molar-refractivity contribution in [3.63, 3.8) is 0 Å². The molecule has 6 rings (SSSR count). The van der Waals surface area contributed by atoms with Gasteiger partial charge in [-0.05, 0) is 40.0 Å². The second kappa shape index (κ2) is 8.49. The van der Waals surface area contributed by atoms with Gasteiger partial charge in [-0.15, -0.1) is 0 Å². The number of amides is 1. The van der Waals surface area contributed by atoms with E-state index in [1.165, 1.54) is 5.56 Å². The van der Waals surface area contributed by atoms with E-state index >= 15 is 0 Å². The molecule has 0 radical (unpaired) electrons. The van der Waals surface area contributed by atoms with Crippen LogP contribution in [0.15, 0.2) is 127 Å². The molecule has 162 valence electrons. The minimum Gasteiger partial charge on any atom is -0.296 e. The Balaban J connectivity index is 1.52. The first kappa shape index (κ1) is 20.2. The van der Waals surface area contributed by atoms with Gasteiger partial charge in [-0.25, -0.2) is 0 Å². The molecule has 1 aliphatic heterocycles. The fourth-order valence-electron chi connectivity index (χ4n) is 4.94. The highest BCUT2D eigenvalue weighted by Gasteiger charge is 2.38. The van der Waals surface area contributed by atoms with Crippen LogP contribution < -0.4 is 4.90 Å². The molecule has 0 saturated carbocycles. The Labute approximate surface area is 199 Å². The first-order valence-electron chi connectivity index (χ1n) is 11.5. The normalized spacial score (nSPS) is 14.2. The fourth-order valence-corrected chi connectivity index (χ4v) is 4.94. The number of hydrogen-bond acceptors (Lipinski definition) is 1. The maximum absolute atomic E-state index is 14.1. The molecular formula is C32H23NO. The van der Waals surface area contributed by atoms with E-state index in [-0.39, 0.29) is 11.9 Å². The maximum Gasteiger partial charge on any atom is 0.259 e. The van der Waals surface area contributed by atoms with E-state index in [9.17, 15) is 4.79 Å². The molecule has 2 nitrogen and oxygen atoms in total. The summed E-state index contributed by atoms with van der Waals surface area (Å²) in [5, 5.41) is 0. The minimum atomic E-state index is -0.212. The summed E-state index contributed by atoms with van der Waals surface area (Å²) in [6, 6.07) is 43.0. The van der Waals surface area contributed by atoms with Crippen LogP contribution in [0.3, 0.4) is 0 Å². The second-order valence-corrected chi connectivity index (χ2v) is 8.54. The summed E-state index contributed by atoms with van der Waals surface area (Å²) in [6.07, 6.45) is 2.05. The van der Waals surface area contributed by atoms with Crippen molar-refractivity contribution in [3.05, 3.63) is 150 Å². The van der Waals surface area contributed by atoms with Gasteiger partial charge in [0, 0.05) is 11.1 Å². The van der Waals surface area contributed by atoms with Crippen molar-refractivity contribution in [3.8, 4) is 11.1 Å². The average Bonchev–Trinajstić information content (AvgIpc) is 3.28. The molecule has 3 aliphatic rings. The highest BCUT2D eigenvalue weighted by atomic mass is 16.2. The molecule has 0 N–H and O–H groups in total. The molecule has 3 aromatic carbocycles. The summed E-state index contributed by atoms with van der Waals surface area (Å²) in [7, 11) is 0. The van der Waals surface area contributed by atoms with Crippen molar-refractivity contribution in [1.29, 1.82) is 0 Å². The number of hydrogen-bond donors (Lipinski definition) is 0. The third-order valence-corrected chi connectivity index (χ3v) is 6.52. The van der Waals surface area contributed by atoms with E-state index in [2.05, 4.69) is 66.7 Å². The van der Waals surface area contributed by atoms with E-state index in [1.54, 1.807) is 0 Å². The second-order valence-electron chi connectivity index (χ2n) is 8.54. The van der Waals surface area contributed by atoms with Gasteiger partial charge in [0.1, 0.15) is 0 Å². The molecule has 34 heavy (non-hydrogen) atoms. The number of carbonyl (C=O) groups excluding carboxylic acids is 1. The Morgan fingerprint density at radius 1 is 0.559 bits per heavy atom. The largest absolute Gasteiger partial charge is 0.296 e. The van der Waals surface area contributed by atoms with Gasteiger partial charge in [-0.1, -0.05) is 121 Å². The monoisotopic (exact) mass is 437 g/mol. The van der Waals surface area contributed by atoms with E-state index in [1.807, 2.05) is 71.6 Å². The molecule has 2 aliphatic carbocycles. The Hall–Kier alpha value is -4.43. The average molecular weight is 438 g/mol. The van der Waals surface area contributed by atoms with Crippen molar-refractivity contribution < 1.29 is 4.79 Å². The number of anilines is 1. The van der Waals surface area contributed by atoms with Crippen molar-refractivity contribution in [1.82, 2.24) is 0 Å². The first-order chi connectivity index (χ1) is 16.8. The minimum absolute atomic E-state index is 0.0218. The predicted molar refractivity (Wildman–Crippen MR) is 140 cm³/mol. The number of nitrogens with zero attached hydrogens (tertiary/aromatic N) is 1. The zero-order valence-corrected chi connectivity index (χ0v) is 18.6. The molecular weight excluding hydrogens is 414 g/mol. The Kier molecular flexibility index (Phi) is 5.04. The number of carbonyl (C=O) groups is 1. The quantitative estimate of drug-likeness (QED) is 0.267. The van der Waals surface area contributed by atoms with Gasteiger partial charge in [0.2, 0.25) is 0 Å². The Morgan fingerprint density at radius 2 is 1.12 bits per heavy atom. The van der Waals surface area contributed by atoms with Crippen LogP contribution in [0.5, 0.6) is 0 Å². The molecule has 1 heterocycles. The fraction of sp³-hybridized carbons (Fsp3) is 0.0312. The summed E-state index contributed by atoms with van der Waals surface area (Å²) < 4.78 is 0. The lowest BCUT2D eigenvalue weighted by Crippen LogP contribution is -2.32. The summed E-state index contributed by atoms with van der Waals surface area (Å²) >= 11 is 0. The SMILES string of the molecule is O=C1C(=Cc2ccc3cccccc2-3)c2ccccc2N1C(c1ccccc1)c1ccccc1. The van der Waals surface area contributed by atoms with Gasteiger partial charge < -0.3 is 0 Å². The van der Waals surface area contributed by atoms with Gasteiger partial charge in [0.05, 0.1) is 11.7 Å². The van der Waals surface area contributed by atoms with Crippen LogP contribution >= 0.6 is 0 Å². The highest BCUT2D eigenvalue weighted by molar-refractivity contribution is 6.36. The Morgan fingerprint density at radius 3 is 1.82 bits per heavy atom. The van der Waals surface area contributed by atoms with E-state index in [4.69, 9.17) is 0 Å². The first-order valence-corrected chi connectivity index (χ1v) is 11.5. The maximum atomic E-state index is 14.1. The van der Waals surface area contributed by atoms with Crippen molar-refractivity contribution >= 4 is 23.2 Å². The number of rotatable bonds is 4. The molecule has 0 spiro atoms. The lowest BCUT2D eigenvalue weighted by Gasteiger charge is -2.29. The summed E-state index contributed by atoms with van der Waals surface area (Å²) in [5.41, 5.74) is 8.18. The molecule has 0 unspecified atom stereocenters. The van der Waals surface area contributed by atoms with Crippen LogP contribution in [0.1, 0.15) is 28.3 Å². The topological polar surface area (TPSA) is 20.3 Å². The number of para-hydroxylation sites is 1. The smallest absolute Gasteiger partial charge is 0.259 e. The highest BCUT2D eigenvalue weighted by Crippen LogP contribution is 2.45. The lowest BCUT2D eigenvalue weighted by molar-refractivity contribution is -0.113. The van der Waals surface area contributed by atoms with Crippen LogP contribution in [0.25, 0.3) is 22.8 Å². The van der Waals surface area contributed by atoms with Crippen molar-refractivity contribution in [2.45, 2.75) is 6.04 Å². The number of fused-ring (bicyclic) bond motifs is 2. The van der Waals surface area contributed by atoms with Crippen LogP contribution in [0.2, 0.25) is 0 Å². The van der Waals surface area contributed by atoms with Crippen molar-refractivity contribution in [2.75, 3.05) is 4.90 Å². The molecule has 2 heteroatoms. The van der Waals surface area contributed by atoms with Gasteiger partial charge in [-0.3, -0.25) is 9.69 Å². The van der Waals surface area contributed by atoms with Gasteiger partial charge in [0.25, 0.3) is 5.91 Å². The van der Waals surface area contributed by atoms with E-state index < -0.39 is 0 Å². The molecule has 0 bridgehead atoms.